The first-order chi connectivity index (χ1) is 8.33. The molecule has 3 rings (SSSR count). The van der Waals surface area contributed by atoms with E-state index in [-0.39, 0.29) is 0 Å². The largest absolute Gasteiger partial charge is 0.429 e. The summed E-state index contributed by atoms with van der Waals surface area (Å²) >= 11 is 5.01. The molecule has 84 valence electrons. The van der Waals surface area contributed by atoms with E-state index < -0.39 is 0 Å². The number of para-hydroxylation sites is 1. The highest BCUT2D eigenvalue weighted by Crippen LogP contribution is 2.21. The maximum absolute atomic E-state index is 5.53. The van der Waals surface area contributed by atoms with Gasteiger partial charge >= 0.3 is 0 Å². The Labute approximate surface area is 104 Å². The Bertz CT molecular complexity index is 697. The van der Waals surface area contributed by atoms with Crippen LogP contribution in [0.3, 0.4) is 0 Å². The highest BCUT2D eigenvalue weighted by atomic mass is 32.1. The molecule has 1 aromatic heterocycles. The molecule has 1 N–H and O–H groups in total. The molecule has 0 aliphatic heterocycles. The van der Waals surface area contributed by atoms with E-state index in [0.717, 1.165) is 23.1 Å². The van der Waals surface area contributed by atoms with Crippen molar-refractivity contribution in [3.05, 3.63) is 64.5 Å². The molecular formula is C14H11NOS. The van der Waals surface area contributed by atoms with Crippen LogP contribution in [0.5, 0.6) is 0 Å². The van der Waals surface area contributed by atoms with Crippen molar-refractivity contribution in [1.82, 2.24) is 4.98 Å². The quantitative estimate of drug-likeness (QED) is 0.685. The normalized spacial score (nSPS) is 10.8. The third-order valence-electron chi connectivity index (χ3n) is 2.77. The van der Waals surface area contributed by atoms with Gasteiger partial charge in [0.15, 0.2) is 5.58 Å². The van der Waals surface area contributed by atoms with Gasteiger partial charge in [0, 0.05) is 12.0 Å². The number of H-pyrrole nitrogens is 1. The Morgan fingerprint density at radius 2 is 1.82 bits per heavy atom. The third-order valence-corrected chi connectivity index (χ3v) is 2.95. The van der Waals surface area contributed by atoms with E-state index in [4.69, 9.17) is 16.6 Å². The van der Waals surface area contributed by atoms with Crippen LogP contribution in [0.15, 0.2) is 52.9 Å². The van der Waals surface area contributed by atoms with Crippen molar-refractivity contribution in [2.75, 3.05) is 0 Å². The maximum atomic E-state index is 5.53. The smallest absolute Gasteiger partial charge is 0.266 e. The minimum absolute atomic E-state index is 0.431. The Morgan fingerprint density at radius 1 is 1.00 bits per heavy atom. The molecular weight excluding hydrogens is 230 g/mol. The summed E-state index contributed by atoms with van der Waals surface area (Å²) in [7, 11) is 0. The van der Waals surface area contributed by atoms with E-state index in [2.05, 4.69) is 23.2 Å². The topological polar surface area (TPSA) is 28.9 Å². The summed E-state index contributed by atoms with van der Waals surface area (Å²) < 4.78 is 5.53. The van der Waals surface area contributed by atoms with Gasteiger partial charge in [-0.25, -0.2) is 0 Å². The molecule has 1 heterocycles. The number of aromatic nitrogens is 1. The second-order valence-electron chi connectivity index (χ2n) is 3.97. The van der Waals surface area contributed by atoms with Crippen LogP contribution in [0.4, 0.5) is 0 Å². The van der Waals surface area contributed by atoms with Gasteiger partial charge < -0.3 is 9.40 Å². The summed E-state index contributed by atoms with van der Waals surface area (Å²) in [5, 5.41) is 0. The first kappa shape index (κ1) is 10.3. The van der Waals surface area contributed by atoms with Gasteiger partial charge in [-0.15, -0.1) is 0 Å². The second kappa shape index (κ2) is 4.18. The zero-order chi connectivity index (χ0) is 11.7. The Hall–Kier alpha value is -1.87. The Kier molecular flexibility index (Phi) is 2.53. The second-order valence-corrected chi connectivity index (χ2v) is 4.34. The van der Waals surface area contributed by atoms with Crippen molar-refractivity contribution < 1.29 is 4.42 Å². The molecule has 0 aliphatic rings. The molecule has 0 amide bonds. The Balaban J connectivity index is 2.09. The van der Waals surface area contributed by atoms with Gasteiger partial charge in [0.1, 0.15) is 0 Å². The zero-order valence-corrected chi connectivity index (χ0v) is 9.96. The average Bonchev–Trinajstić information content (AvgIpc) is 2.72. The van der Waals surface area contributed by atoms with Gasteiger partial charge in [-0.2, -0.15) is 0 Å². The molecule has 0 aliphatic carbocycles. The Morgan fingerprint density at radius 3 is 2.65 bits per heavy atom. The molecule has 17 heavy (non-hydrogen) atoms. The number of aromatic amines is 1. The standard InChI is InChI=1S/C14H11NOS/c17-14-15-12-8-4-7-11(13(12)16-14)9-10-5-2-1-3-6-10/h1-8H,9H2,(H,15,17). The first-order valence-corrected chi connectivity index (χ1v) is 5.88. The fraction of sp³-hybridized carbons (Fsp3) is 0.0714. The van der Waals surface area contributed by atoms with Crippen molar-refractivity contribution in [2.24, 2.45) is 0 Å². The van der Waals surface area contributed by atoms with Crippen LogP contribution in [0.25, 0.3) is 11.1 Å². The third kappa shape index (κ3) is 2.01. The fourth-order valence-electron chi connectivity index (χ4n) is 1.99. The predicted octanol–water partition coefficient (Wildman–Crippen LogP) is 4.08. The van der Waals surface area contributed by atoms with E-state index in [1.807, 2.05) is 30.3 Å². The van der Waals surface area contributed by atoms with Crippen LogP contribution in [0, 0.1) is 4.84 Å². The fourth-order valence-corrected chi connectivity index (χ4v) is 2.18. The average molecular weight is 241 g/mol. The van der Waals surface area contributed by atoms with Crippen LogP contribution in [-0.2, 0) is 6.42 Å². The molecule has 0 spiro atoms. The number of oxazole rings is 1. The summed E-state index contributed by atoms with van der Waals surface area (Å²) in [4.78, 5) is 3.46. The summed E-state index contributed by atoms with van der Waals surface area (Å²) in [5.41, 5.74) is 4.24. The van der Waals surface area contributed by atoms with Crippen molar-refractivity contribution in [1.29, 1.82) is 0 Å². The highest BCUT2D eigenvalue weighted by Gasteiger charge is 2.05. The predicted molar refractivity (Wildman–Crippen MR) is 70.6 cm³/mol. The van der Waals surface area contributed by atoms with Crippen molar-refractivity contribution in [3.8, 4) is 0 Å². The lowest BCUT2D eigenvalue weighted by molar-refractivity contribution is 0.580. The molecule has 0 unspecified atom stereocenters. The SMILES string of the molecule is S=c1[nH]c2cccc(Cc3ccccc3)c2o1. The molecule has 0 saturated carbocycles. The van der Waals surface area contributed by atoms with E-state index >= 15 is 0 Å². The van der Waals surface area contributed by atoms with Crippen LogP contribution in [0.2, 0.25) is 0 Å². The lowest BCUT2D eigenvalue weighted by atomic mass is 10.0. The summed E-state index contributed by atoms with van der Waals surface area (Å²) in [5.74, 6) is 0. The molecule has 3 heteroatoms. The van der Waals surface area contributed by atoms with Gasteiger partial charge in [-0.05, 0) is 23.8 Å². The van der Waals surface area contributed by atoms with Gasteiger partial charge in [0.25, 0.3) is 4.84 Å². The van der Waals surface area contributed by atoms with Gasteiger partial charge in [0.05, 0.1) is 5.52 Å². The van der Waals surface area contributed by atoms with Crippen LogP contribution in [-0.4, -0.2) is 4.98 Å². The van der Waals surface area contributed by atoms with Crippen molar-refractivity contribution in [3.63, 3.8) is 0 Å². The van der Waals surface area contributed by atoms with Crippen molar-refractivity contribution in [2.45, 2.75) is 6.42 Å². The molecule has 2 nitrogen and oxygen atoms in total. The monoisotopic (exact) mass is 241 g/mol. The summed E-state index contributed by atoms with van der Waals surface area (Å²) in [6.07, 6.45) is 0.855. The zero-order valence-electron chi connectivity index (χ0n) is 9.14. The van der Waals surface area contributed by atoms with E-state index in [9.17, 15) is 0 Å². The van der Waals surface area contributed by atoms with E-state index in [1.165, 1.54) is 5.56 Å². The van der Waals surface area contributed by atoms with E-state index in [0.29, 0.717) is 4.84 Å². The molecule has 0 fully saturated rings. The molecule has 2 aromatic carbocycles. The summed E-state index contributed by atoms with van der Waals surface area (Å²) in [6.45, 7) is 0. The molecule has 0 bridgehead atoms. The number of hydrogen-bond acceptors (Lipinski definition) is 2. The van der Waals surface area contributed by atoms with Crippen LogP contribution in [0.1, 0.15) is 11.1 Å². The van der Waals surface area contributed by atoms with Gasteiger partial charge in [-0.1, -0.05) is 42.5 Å². The van der Waals surface area contributed by atoms with E-state index in [1.54, 1.807) is 0 Å². The number of nitrogens with one attached hydrogen (secondary N) is 1. The minimum atomic E-state index is 0.431. The lowest BCUT2D eigenvalue weighted by Gasteiger charge is -2.01. The van der Waals surface area contributed by atoms with Crippen LogP contribution >= 0.6 is 12.2 Å². The number of rotatable bonds is 2. The number of benzene rings is 2. The molecule has 0 radical (unpaired) electrons. The van der Waals surface area contributed by atoms with Gasteiger partial charge in [-0.3, -0.25) is 0 Å². The van der Waals surface area contributed by atoms with Gasteiger partial charge in [0.2, 0.25) is 0 Å². The maximum Gasteiger partial charge on any atom is 0.266 e. The van der Waals surface area contributed by atoms with Crippen LogP contribution < -0.4 is 0 Å². The summed E-state index contributed by atoms with van der Waals surface area (Å²) in [6, 6.07) is 16.4. The number of fused-ring (bicyclic) bond motifs is 1. The molecule has 3 aromatic rings. The minimum Gasteiger partial charge on any atom is -0.429 e. The molecule has 0 atom stereocenters. The van der Waals surface area contributed by atoms with Crippen molar-refractivity contribution >= 4 is 23.3 Å². The first-order valence-electron chi connectivity index (χ1n) is 5.47. The highest BCUT2D eigenvalue weighted by molar-refractivity contribution is 7.71. The lowest BCUT2D eigenvalue weighted by Crippen LogP contribution is -1.87. The molecule has 0 saturated heterocycles. The number of hydrogen-bond donors (Lipinski definition) is 1.